The van der Waals surface area contributed by atoms with Crippen LogP contribution in [-0.4, -0.2) is 3.92 Å². The summed E-state index contributed by atoms with van der Waals surface area (Å²) in [5, 5.41) is 2.92. The SMILES string of the molecule is IC1CCCCCCC(c2ccc3sc4ccccc4c3c2)CCCCC1. The number of hydrogen-bond donors (Lipinski definition) is 0. The summed E-state index contributed by atoms with van der Waals surface area (Å²) in [6.07, 6.45) is 15.5. The Morgan fingerprint density at radius 2 is 1.30 bits per heavy atom. The van der Waals surface area contributed by atoms with E-state index in [0.29, 0.717) is 0 Å². The van der Waals surface area contributed by atoms with Gasteiger partial charge in [0, 0.05) is 24.1 Å². The van der Waals surface area contributed by atoms with Crippen molar-refractivity contribution in [2.45, 2.75) is 80.5 Å². The number of benzene rings is 2. The van der Waals surface area contributed by atoms with Crippen LogP contribution in [0, 0.1) is 0 Å². The van der Waals surface area contributed by atoms with Crippen LogP contribution in [0.5, 0.6) is 0 Å². The van der Waals surface area contributed by atoms with Gasteiger partial charge < -0.3 is 0 Å². The van der Waals surface area contributed by atoms with E-state index in [9.17, 15) is 0 Å². The Hall–Kier alpha value is -0.610. The van der Waals surface area contributed by atoms with Crippen LogP contribution >= 0.6 is 33.9 Å². The molecular weight excluding hydrogens is 459 g/mol. The third-order valence-corrected chi connectivity index (χ3v) is 8.66. The van der Waals surface area contributed by atoms with E-state index in [1.54, 1.807) is 5.56 Å². The van der Waals surface area contributed by atoms with Gasteiger partial charge in [0.2, 0.25) is 0 Å². The first-order valence-corrected chi connectivity index (χ1v) is 12.9. The van der Waals surface area contributed by atoms with Gasteiger partial charge in [-0.2, -0.15) is 0 Å². The third-order valence-electron chi connectivity index (χ3n) is 6.26. The highest BCUT2D eigenvalue weighted by Crippen LogP contribution is 2.37. The van der Waals surface area contributed by atoms with E-state index in [1.807, 2.05) is 11.3 Å². The van der Waals surface area contributed by atoms with Crippen molar-refractivity contribution < 1.29 is 0 Å². The zero-order valence-electron chi connectivity index (χ0n) is 16.3. The molecule has 1 aromatic heterocycles. The van der Waals surface area contributed by atoms with Crippen molar-refractivity contribution in [1.29, 1.82) is 0 Å². The Labute approximate surface area is 181 Å². The summed E-state index contributed by atoms with van der Waals surface area (Å²) >= 11 is 4.63. The fraction of sp³-hybridized carbons (Fsp3) is 0.520. The summed E-state index contributed by atoms with van der Waals surface area (Å²) in [4.78, 5) is 0. The minimum Gasteiger partial charge on any atom is -0.135 e. The Kier molecular flexibility index (Phi) is 7.10. The first kappa shape index (κ1) is 19.7. The van der Waals surface area contributed by atoms with Gasteiger partial charge in [-0.1, -0.05) is 91.8 Å². The summed E-state index contributed by atoms with van der Waals surface area (Å²) in [7, 11) is 0. The van der Waals surface area contributed by atoms with Gasteiger partial charge in [0.25, 0.3) is 0 Å². The maximum absolute atomic E-state index is 2.69. The zero-order chi connectivity index (χ0) is 18.5. The van der Waals surface area contributed by atoms with Crippen LogP contribution in [0.2, 0.25) is 0 Å². The molecule has 0 spiro atoms. The van der Waals surface area contributed by atoms with Crippen molar-refractivity contribution in [3.63, 3.8) is 0 Å². The molecule has 0 nitrogen and oxygen atoms in total. The van der Waals surface area contributed by atoms with Crippen molar-refractivity contribution in [3.05, 3.63) is 48.0 Å². The standard InChI is InChI=1S/C25H31IS/c26-21-12-6-2-1-4-10-19(11-5-3-7-13-21)20-16-17-25-23(18-20)22-14-8-9-15-24(22)27-25/h8-9,14-19,21H,1-7,10-13H2. The van der Waals surface area contributed by atoms with E-state index in [4.69, 9.17) is 0 Å². The zero-order valence-corrected chi connectivity index (χ0v) is 19.2. The molecular formula is C25H31IS. The highest BCUT2D eigenvalue weighted by molar-refractivity contribution is 14.1. The van der Waals surface area contributed by atoms with Gasteiger partial charge in [0.1, 0.15) is 0 Å². The van der Waals surface area contributed by atoms with Gasteiger partial charge >= 0.3 is 0 Å². The highest BCUT2D eigenvalue weighted by atomic mass is 127. The number of halogens is 1. The second kappa shape index (κ2) is 9.73. The molecule has 1 heterocycles. The van der Waals surface area contributed by atoms with Gasteiger partial charge in [-0.15, -0.1) is 11.3 Å². The molecule has 2 aromatic carbocycles. The molecule has 2 unspecified atom stereocenters. The molecule has 2 heteroatoms. The van der Waals surface area contributed by atoms with Crippen molar-refractivity contribution in [1.82, 2.24) is 0 Å². The predicted molar refractivity (Wildman–Crippen MR) is 131 cm³/mol. The van der Waals surface area contributed by atoms with Crippen molar-refractivity contribution >= 4 is 54.1 Å². The summed E-state index contributed by atoms with van der Waals surface area (Å²) in [6.45, 7) is 0. The molecule has 0 N–H and O–H groups in total. The van der Waals surface area contributed by atoms with Crippen LogP contribution in [0.1, 0.15) is 82.1 Å². The van der Waals surface area contributed by atoms with Crippen molar-refractivity contribution in [2.24, 2.45) is 0 Å². The number of thiophene rings is 1. The largest absolute Gasteiger partial charge is 0.135 e. The Morgan fingerprint density at radius 1 is 0.667 bits per heavy atom. The molecule has 0 saturated heterocycles. The minimum atomic E-state index is 0.754. The molecule has 2 atom stereocenters. The maximum Gasteiger partial charge on any atom is 0.0355 e. The molecule has 27 heavy (non-hydrogen) atoms. The Bertz CT molecular complexity index is 865. The number of fused-ring (bicyclic) bond motifs is 3. The van der Waals surface area contributed by atoms with E-state index >= 15 is 0 Å². The summed E-state index contributed by atoms with van der Waals surface area (Å²) in [6, 6.07) is 16.2. The van der Waals surface area contributed by atoms with Crippen LogP contribution in [0.25, 0.3) is 20.2 Å². The smallest absolute Gasteiger partial charge is 0.0355 e. The normalized spacial score (nSPS) is 23.6. The van der Waals surface area contributed by atoms with Crippen LogP contribution in [-0.2, 0) is 0 Å². The van der Waals surface area contributed by atoms with Gasteiger partial charge in [0.15, 0.2) is 0 Å². The predicted octanol–water partition coefficient (Wildman–Crippen LogP) is 9.25. The van der Waals surface area contributed by atoms with Crippen LogP contribution in [0.15, 0.2) is 42.5 Å². The average molecular weight is 490 g/mol. The fourth-order valence-corrected chi connectivity index (χ4v) is 6.63. The van der Waals surface area contributed by atoms with E-state index < -0.39 is 0 Å². The molecule has 1 saturated carbocycles. The minimum absolute atomic E-state index is 0.754. The molecule has 0 amide bonds. The van der Waals surface area contributed by atoms with Crippen molar-refractivity contribution in [2.75, 3.05) is 0 Å². The molecule has 1 fully saturated rings. The van der Waals surface area contributed by atoms with Gasteiger partial charge in [-0.05, 0) is 55.4 Å². The topological polar surface area (TPSA) is 0 Å². The monoisotopic (exact) mass is 490 g/mol. The number of rotatable bonds is 1. The molecule has 3 aromatic rings. The number of hydrogen-bond acceptors (Lipinski definition) is 1. The summed E-state index contributed by atoms with van der Waals surface area (Å²) < 4.78 is 3.78. The van der Waals surface area contributed by atoms with Gasteiger partial charge in [-0.3, -0.25) is 0 Å². The fourth-order valence-electron chi connectivity index (χ4n) is 4.66. The second-order valence-corrected chi connectivity index (χ2v) is 11.1. The van der Waals surface area contributed by atoms with Crippen LogP contribution in [0.4, 0.5) is 0 Å². The number of alkyl halides is 1. The molecule has 4 rings (SSSR count). The van der Waals surface area contributed by atoms with Crippen LogP contribution < -0.4 is 0 Å². The maximum atomic E-state index is 2.69. The molecule has 144 valence electrons. The average Bonchev–Trinajstić information content (AvgIpc) is 3.06. The lowest BCUT2D eigenvalue weighted by Gasteiger charge is -2.18. The van der Waals surface area contributed by atoms with Crippen LogP contribution in [0.3, 0.4) is 0 Å². The lowest BCUT2D eigenvalue weighted by molar-refractivity contribution is 0.501. The van der Waals surface area contributed by atoms with Gasteiger partial charge in [-0.25, -0.2) is 0 Å². The van der Waals surface area contributed by atoms with Crippen molar-refractivity contribution in [3.8, 4) is 0 Å². The molecule has 1 aliphatic rings. The Morgan fingerprint density at radius 3 is 2.07 bits per heavy atom. The highest BCUT2D eigenvalue weighted by Gasteiger charge is 2.15. The lowest BCUT2D eigenvalue weighted by atomic mass is 9.87. The second-order valence-electron chi connectivity index (χ2n) is 8.28. The Balaban J connectivity index is 1.54. The molecule has 0 aliphatic heterocycles. The van der Waals surface area contributed by atoms with E-state index in [0.717, 1.165) is 9.84 Å². The summed E-state index contributed by atoms with van der Waals surface area (Å²) in [5.74, 6) is 0.754. The van der Waals surface area contributed by atoms with Gasteiger partial charge in [0.05, 0.1) is 0 Å². The first-order valence-electron chi connectivity index (χ1n) is 10.9. The third kappa shape index (κ3) is 5.06. The first-order chi connectivity index (χ1) is 13.3. The lowest BCUT2D eigenvalue weighted by Crippen LogP contribution is -2.00. The van der Waals surface area contributed by atoms with E-state index in [2.05, 4.69) is 65.1 Å². The molecule has 1 aliphatic carbocycles. The molecule has 0 radical (unpaired) electrons. The molecule has 0 bridgehead atoms. The summed E-state index contributed by atoms with van der Waals surface area (Å²) in [5.41, 5.74) is 1.59. The van der Waals surface area contributed by atoms with E-state index in [1.165, 1.54) is 90.8 Å². The van der Waals surface area contributed by atoms with E-state index in [-0.39, 0.29) is 0 Å². The quantitative estimate of drug-likeness (QED) is 0.236.